The van der Waals surface area contributed by atoms with Crippen molar-refractivity contribution in [3.8, 4) is 11.5 Å². The Kier molecular flexibility index (Phi) is 4.02. The number of halogens is 4. The molecule has 1 aromatic heterocycles. The van der Waals surface area contributed by atoms with Crippen molar-refractivity contribution in [3.63, 3.8) is 0 Å². The lowest BCUT2D eigenvalue weighted by atomic mass is 10.2. The summed E-state index contributed by atoms with van der Waals surface area (Å²) in [5, 5.41) is 10.8. The second kappa shape index (κ2) is 5.76. The largest absolute Gasteiger partial charge is 0.444 e. The van der Waals surface area contributed by atoms with Gasteiger partial charge in [0, 0.05) is 11.6 Å². The molecule has 0 aliphatic rings. The van der Waals surface area contributed by atoms with Crippen LogP contribution < -0.4 is 4.74 Å². The van der Waals surface area contributed by atoms with Gasteiger partial charge in [0.25, 0.3) is 11.9 Å². The number of nitro benzene ring substituents is 1. The number of hydrogen-bond acceptors (Lipinski definition) is 5. The maximum Gasteiger partial charge on any atom is 0.311 e. The summed E-state index contributed by atoms with van der Waals surface area (Å²) in [5.74, 6) is -10.2. The molecule has 2 rings (SSSR count). The van der Waals surface area contributed by atoms with Gasteiger partial charge in [-0.15, -0.1) is 0 Å². The van der Waals surface area contributed by atoms with E-state index in [1.165, 1.54) is 0 Å². The quantitative estimate of drug-likeness (QED) is 0.284. The third kappa shape index (κ3) is 2.71. The van der Waals surface area contributed by atoms with E-state index in [2.05, 4.69) is 9.72 Å². The Morgan fingerprint density at radius 1 is 1.14 bits per heavy atom. The molecule has 114 valence electrons. The Bertz CT molecular complexity index is 756. The first-order valence-corrected chi connectivity index (χ1v) is 5.46. The first-order valence-electron chi connectivity index (χ1n) is 5.46. The van der Waals surface area contributed by atoms with Gasteiger partial charge in [0.15, 0.2) is 0 Å². The molecule has 0 aliphatic heterocycles. The van der Waals surface area contributed by atoms with Crippen LogP contribution in [0.4, 0.5) is 23.2 Å². The van der Waals surface area contributed by atoms with Crippen molar-refractivity contribution in [2.75, 3.05) is 0 Å². The molecule has 0 spiro atoms. The molecule has 0 unspecified atom stereocenters. The molecule has 0 saturated heterocycles. The molecule has 2 aromatic rings. The number of rotatable bonds is 4. The summed E-state index contributed by atoms with van der Waals surface area (Å²) in [7, 11) is 0. The minimum atomic E-state index is -1.98. The van der Waals surface area contributed by atoms with Crippen LogP contribution in [-0.4, -0.2) is 16.2 Å². The van der Waals surface area contributed by atoms with Crippen molar-refractivity contribution >= 4 is 12.0 Å². The van der Waals surface area contributed by atoms with Crippen LogP contribution in [-0.2, 0) is 0 Å². The fourth-order valence-corrected chi connectivity index (χ4v) is 1.50. The Labute approximate surface area is 119 Å². The van der Waals surface area contributed by atoms with Crippen LogP contribution in [0.2, 0.25) is 0 Å². The van der Waals surface area contributed by atoms with E-state index in [1.807, 2.05) is 0 Å². The maximum absolute atomic E-state index is 13.4. The number of ether oxygens (including phenoxy) is 1. The van der Waals surface area contributed by atoms with Crippen molar-refractivity contribution < 1.29 is 32.0 Å². The highest BCUT2D eigenvalue weighted by molar-refractivity contribution is 5.77. The summed E-state index contributed by atoms with van der Waals surface area (Å²) in [6.45, 7) is 0. The zero-order chi connectivity index (χ0) is 16.4. The van der Waals surface area contributed by atoms with Gasteiger partial charge in [-0.25, -0.2) is 0 Å². The van der Waals surface area contributed by atoms with Crippen LogP contribution in [0.5, 0.6) is 11.5 Å². The van der Waals surface area contributed by atoms with E-state index >= 15 is 0 Å². The van der Waals surface area contributed by atoms with E-state index in [1.54, 1.807) is 0 Å². The predicted molar refractivity (Wildman–Crippen MR) is 62.6 cm³/mol. The second-order valence-electron chi connectivity index (χ2n) is 3.85. The smallest absolute Gasteiger partial charge is 0.311 e. The van der Waals surface area contributed by atoms with Crippen molar-refractivity contribution in [1.82, 2.24) is 4.98 Å². The van der Waals surface area contributed by atoms with Gasteiger partial charge in [0.1, 0.15) is 6.29 Å². The van der Waals surface area contributed by atoms with Crippen LogP contribution in [0.15, 0.2) is 18.2 Å². The van der Waals surface area contributed by atoms with Crippen molar-refractivity contribution in [1.29, 1.82) is 0 Å². The van der Waals surface area contributed by atoms with Gasteiger partial charge in [-0.3, -0.25) is 14.9 Å². The summed E-state index contributed by atoms with van der Waals surface area (Å²) in [5.41, 5.74) is -0.876. The molecule has 0 fully saturated rings. The number of benzene rings is 1. The third-order valence-electron chi connectivity index (χ3n) is 2.49. The minimum absolute atomic E-state index is 0.114. The molecule has 10 heteroatoms. The summed E-state index contributed by atoms with van der Waals surface area (Å²) in [4.78, 5) is 22.8. The second-order valence-corrected chi connectivity index (χ2v) is 3.85. The molecule has 0 bridgehead atoms. The van der Waals surface area contributed by atoms with Crippen molar-refractivity contribution in [2.24, 2.45) is 0 Å². The first kappa shape index (κ1) is 15.4. The standard InChI is InChI=1S/C12H4F4N2O4/c13-8-10(9(14)12(16)17-11(8)15)22-7-3-5(4-19)1-2-6(7)18(20)21/h1-4H. The molecule has 0 aliphatic carbocycles. The number of aldehydes is 1. The molecular weight excluding hydrogens is 312 g/mol. The van der Waals surface area contributed by atoms with E-state index in [-0.39, 0.29) is 11.8 Å². The highest BCUT2D eigenvalue weighted by atomic mass is 19.2. The predicted octanol–water partition coefficient (Wildman–Crippen LogP) is 3.15. The molecule has 0 amide bonds. The number of carbonyl (C=O) groups is 1. The summed E-state index contributed by atoms with van der Waals surface area (Å²) in [6.07, 6.45) is 0.289. The number of nitrogens with zero attached hydrogens (tertiary/aromatic N) is 2. The Balaban J connectivity index is 2.60. The monoisotopic (exact) mass is 316 g/mol. The van der Waals surface area contributed by atoms with Gasteiger partial charge in [-0.2, -0.15) is 22.5 Å². The third-order valence-corrected chi connectivity index (χ3v) is 2.49. The topological polar surface area (TPSA) is 82.3 Å². The molecule has 0 atom stereocenters. The lowest BCUT2D eigenvalue weighted by Gasteiger charge is -2.09. The van der Waals surface area contributed by atoms with E-state index in [9.17, 15) is 32.5 Å². The molecule has 1 heterocycles. The fourth-order valence-electron chi connectivity index (χ4n) is 1.50. The fraction of sp³-hybridized carbons (Fsp3) is 0. The van der Waals surface area contributed by atoms with E-state index in [4.69, 9.17) is 0 Å². The summed E-state index contributed by atoms with van der Waals surface area (Å²) >= 11 is 0. The normalized spacial score (nSPS) is 10.4. The van der Waals surface area contributed by atoms with E-state index in [0.717, 1.165) is 18.2 Å². The van der Waals surface area contributed by atoms with Crippen molar-refractivity contribution in [2.45, 2.75) is 0 Å². The van der Waals surface area contributed by atoms with Crippen LogP contribution in [0.25, 0.3) is 0 Å². The molecule has 0 radical (unpaired) electrons. The number of hydrogen-bond donors (Lipinski definition) is 0. The highest BCUT2D eigenvalue weighted by Gasteiger charge is 2.26. The van der Waals surface area contributed by atoms with Gasteiger partial charge < -0.3 is 4.74 Å². The summed E-state index contributed by atoms with van der Waals surface area (Å²) < 4.78 is 57.4. The molecular formula is C12H4F4N2O4. The average Bonchev–Trinajstić information content (AvgIpc) is 2.49. The Morgan fingerprint density at radius 2 is 1.73 bits per heavy atom. The first-order chi connectivity index (χ1) is 10.3. The van der Waals surface area contributed by atoms with Gasteiger partial charge in [-0.1, -0.05) is 0 Å². The molecule has 0 N–H and O–H groups in total. The number of aromatic nitrogens is 1. The average molecular weight is 316 g/mol. The van der Waals surface area contributed by atoms with Gasteiger partial charge in [-0.05, 0) is 12.1 Å². The van der Waals surface area contributed by atoms with Crippen LogP contribution in [0.3, 0.4) is 0 Å². The highest BCUT2D eigenvalue weighted by Crippen LogP contribution is 2.35. The minimum Gasteiger partial charge on any atom is -0.444 e. The van der Waals surface area contributed by atoms with E-state index in [0.29, 0.717) is 0 Å². The number of pyridine rings is 1. The molecule has 22 heavy (non-hydrogen) atoms. The van der Waals surface area contributed by atoms with Crippen LogP contribution >= 0.6 is 0 Å². The number of nitro groups is 1. The lowest BCUT2D eigenvalue weighted by molar-refractivity contribution is -0.385. The van der Waals surface area contributed by atoms with E-state index < -0.39 is 45.6 Å². The van der Waals surface area contributed by atoms with Crippen LogP contribution in [0, 0.1) is 33.6 Å². The van der Waals surface area contributed by atoms with Crippen LogP contribution in [0.1, 0.15) is 10.4 Å². The Hall–Kier alpha value is -3.04. The van der Waals surface area contributed by atoms with Gasteiger partial charge in [0.05, 0.1) is 4.92 Å². The Morgan fingerprint density at radius 3 is 2.23 bits per heavy atom. The molecule has 6 nitrogen and oxygen atoms in total. The van der Waals surface area contributed by atoms with Crippen molar-refractivity contribution in [3.05, 3.63) is 57.4 Å². The number of carbonyl (C=O) groups excluding carboxylic acids is 1. The van der Waals surface area contributed by atoms with Gasteiger partial charge >= 0.3 is 5.69 Å². The lowest BCUT2D eigenvalue weighted by Crippen LogP contribution is -2.04. The molecule has 0 saturated carbocycles. The zero-order valence-corrected chi connectivity index (χ0v) is 10.3. The molecule has 1 aromatic carbocycles. The SMILES string of the molecule is O=Cc1ccc([N+](=O)[O-])c(Oc2c(F)c(F)nc(F)c2F)c1. The van der Waals surface area contributed by atoms with Gasteiger partial charge in [0.2, 0.25) is 23.1 Å². The maximum atomic E-state index is 13.4. The summed E-state index contributed by atoms with van der Waals surface area (Å²) in [6, 6.07) is 2.68. The zero-order valence-electron chi connectivity index (χ0n) is 10.3.